The van der Waals surface area contributed by atoms with Crippen LogP contribution in [0.1, 0.15) is 26.0 Å². The van der Waals surface area contributed by atoms with Crippen LogP contribution in [0.15, 0.2) is 6.20 Å². The second-order valence-corrected chi connectivity index (χ2v) is 4.23. The van der Waals surface area contributed by atoms with Gasteiger partial charge in [0.1, 0.15) is 0 Å². The number of aryl methyl sites for hydroxylation is 1. The Morgan fingerprint density at radius 3 is 2.85 bits per heavy atom. The zero-order valence-electron chi connectivity index (χ0n) is 7.93. The van der Waals surface area contributed by atoms with Crippen molar-refractivity contribution in [3.8, 4) is 0 Å². The largest absolute Gasteiger partial charge is 0.268 e. The normalized spacial score (nSPS) is 13.2. The van der Waals surface area contributed by atoms with Gasteiger partial charge in [0.25, 0.3) is 0 Å². The summed E-state index contributed by atoms with van der Waals surface area (Å²) in [6, 6.07) is 0. The lowest BCUT2D eigenvalue weighted by atomic mass is 10.2. The first-order chi connectivity index (χ1) is 6.15. The zero-order chi connectivity index (χ0) is 9.84. The second-order valence-electron chi connectivity index (χ2n) is 3.07. The van der Waals surface area contributed by atoms with Crippen molar-refractivity contribution in [1.82, 2.24) is 9.78 Å². The van der Waals surface area contributed by atoms with Gasteiger partial charge in [0.15, 0.2) is 0 Å². The first-order valence-electron chi connectivity index (χ1n) is 4.49. The van der Waals surface area contributed by atoms with Gasteiger partial charge >= 0.3 is 0 Å². The van der Waals surface area contributed by atoms with E-state index < -0.39 is 0 Å². The molecule has 74 valence electrons. The maximum Gasteiger partial charge on any atom is 0.0817 e. The highest BCUT2D eigenvalue weighted by Gasteiger charge is 2.08. The van der Waals surface area contributed by atoms with Crippen molar-refractivity contribution in [3.63, 3.8) is 0 Å². The molecule has 1 aromatic rings. The monoisotopic (exact) mass is 220 g/mol. The number of rotatable bonds is 4. The summed E-state index contributed by atoms with van der Waals surface area (Å²) in [5.41, 5.74) is 1.09. The molecule has 0 N–H and O–H groups in total. The lowest BCUT2D eigenvalue weighted by molar-refractivity contribution is 0.608. The molecule has 0 amide bonds. The van der Waals surface area contributed by atoms with Crippen molar-refractivity contribution in [3.05, 3.63) is 16.9 Å². The Morgan fingerprint density at radius 2 is 2.31 bits per heavy atom. The molecule has 0 aliphatic heterocycles. The maximum atomic E-state index is 5.98. The van der Waals surface area contributed by atoms with Gasteiger partial charge in [0.05, 0.1) is 16.9 Å². The fourth-order valence-electron chi connectivity index (χ4n) is 1.24. The highest BCUT2D eigenvalue weighted by atomic mass is 35.5. The van der Waals surface area contributed by atoms with Crippen molar-refractivity contribution in [2.75, 3.05) is 0 Å². The van der Waals surface area contributed by atoms with Gasteiger partial charge in [-0.3, -0.25) is 4.68 Å². The van der Waals surface area contributed by atoms with Gasteiger partial charge in [0.2, 0.25) is 0 Å². The molecule has 0 bridgehead atoms. The number of hydrogen-bond acceptors (Lipinski definition) is 1. The molecular formula is C9H14Cl2N2. The van der Waals surface area contributed by atoms with Crippen molar-refractivity contribution in [2.24, 2.45) is 0 Å². The Morgan fingerprint density at radius 1 is 1.62 bits per heavy atom. The summed E-state index contributed by atoms with van der Waals surface area (Å²) < 4.78 is 1.92. The van der Waals surface area contributed by atoms with E-state index in [1.54, 1.807) is 6.20 Å². The van der Waals surface area contributed by atoms with Crippen LogP contribution >= 0.6 is 23.2 Å². The summed E-state index contributed by atoms with van der Waals surface area (Å²) in [4.78, 5) is 0. The first kappa shape index (κ1) is 10.9. The topological polar surface area (TPSA) is 17.8 Å². The minimum absolute atomic E-state index is 0.191. The molecule has 1 unspecified atom stereocenters. The number of halogens is 2. The number of alkyl halides is 1. The fourth-order valence-corrected chi connectivity index (χ4v) is 1.59. The van der Waals surface area contributed by atoms with Gasteiger partial charge in [-0.15, -0.1) is 11.6 Å². The van der Waals surface area contributed by atoms with Gasteiger partial charge in [-0.1, -0.05) is 11.6 Å². The highest BCUT2D eigenvalue weighted by Crippen LogP contribution is 2.18. The number of aromatic nitrogens is 2. The molecular weight excluding hydrogens is 207 g/mol. The average Bonchev–Trinajstić information content (AvgIpc) is 2.43. The smallest absolute Gasteiger partial charge is 0.0817 e. The van der Waals surface area contributed by atoms with Crippen LogP contribution < -0.4 is 0 Å². The third-order valence-electron chi connectivity index (χ3n) is 1.98. The predicted octanol–water partition coefficient (Wildman–Crippen LogP) is 3.12. The van der Waals surface area contributed by atoms with Crippen LogP contribution in [0, 0.1) is 0 Å². The second kappa shape index (κ2) is 4.87. The van der Waals surface area contributed by atoms with Crippen molar-refractivity contribution >= 4 is 23.2 Å². The lowest BCUT2D eigenvalue weighted by Crippen LogP contribution is -2.05. The van der Waals surface area contributed by atoms with E-state index in [1.165, 1.54) is 0 Å². The Labute approximate surface area is 88.8 Å². The fraction of sp³-hybridized carbons (Fsp3) is 0.667. The summed E-state index contributed by atoms with van der Waals surface area (Å²) in [5.74, 6) is 0. The minimum Gasteiger partial charge on any atom is -0.268 e. The Kier molecular flexibility index (Phi) is 4.07. The Balaban J connectivity index is 2.68. The highest BCUT2D eigenvalue weighted by molar-refractivity contribution is 6.31. The summed E-state index contributed by atoms with van der Waals surface area (Å²) >= 11 is 11.9. The molecule has 0 aromatic carbocycles. The molecule has 0 radical (unpaired) electrons. The van der Waals surface area contributed by atoms with Crippen molar-refractivity contribution in [1.29, 1.82) is 0 Å². The SMILES string of the molecule is CCn1ncc(Cl)c1CCC(C)Cl. The van der Waals surface area contributed by atoms with Crippen LogP contribution in [0.4, 0.5) is 0 Å². The first-order valence-corrected chi connectivity index (χ1v) is 5.30. The number of hydrogen-bond donors (Lipinski definition) is 0. The van der Waals surface area contributed by atoms with Crippen LogP contribution in [0.3, 0.4) is 0 Å². The van der Waals surface area contributed by atoms with Crippen LogP contribution in [-0.4, -0.2) is 15.2 Å². The van der Waals surface area contributed by atoms with Crippen LogP contribution in [-0.2, 0) is 13.0 Å². The van der Waals surface area contributed by atoms with Crippen LogP contribution in [0.2, 0.25) is 5.02 Å². The minimum atomic E-state index is 0.191. The Hall–Kier alpha value is -0.210. The average molecular weight is 221 g/mol. The molecule has 2 nitrogen and oxygen atoms in total. The van der Waals surface area contributed by atoms with Gasteiger partial charge in [-0.25, -0.2) is 0 Å². The molecule has 1 rings (SSSR count). The van der Waals surface area contributed by atoms with E-state index in [-0.39, 0.29) is 5.38 Å². The van der Waals surface area contributed by atoms with E-state index in [1.807, 2.05) is 11.6 Å². The van der Waals surface area contributed by atoms with Crippen molar-refractivity contribution in [2.45, 2.75) is 38.6 Å². The van der Waals surface area contributed by atoms with Gasteiger partial charge < -0.3 is 0 Å². The molecule has 13 heavy (non-hydrogen) atoms. The van der Waals surface area contributed by atoms with Gasteiger partial charge in [0, 0.05) is 11.9 Å². The number of nitrogens with zero attached hydrogens (tertiary/aromatic N) is 2. The van der Waals surface area contributed by atoms with E-state index in [4.69, 9.17) is 23.2 Å². The Bertz CT molecular complexity index is 269. The molecule has 0 aliphatic rings. The molecule has 0 saturated heterocycles. The molecule has 0 saturated carbocycles. The molecule has 1 heterocycles. The third-order valence-corrected chi connectivity index (χ3v) is 2.51. The predicted molar refractivity (Wildman–Crippen MR) is 56.5 cm³/mol. The summed E-state index contributed by atoms with van der Waals surface area (Å²) in [5, 5.41) is 5.09. The maximum absolute atomic E-state index is 5.98. The van der Waals surface area contributed by atoms with E-state index in [0.717, 1.165) is 30.1 Å². The lowest BCUT2D eigenvalue weighted by Gasteiger charge is -2.06. The van der Waals surface area contributed by atoms with Gasteiger partial charge in [-0.05, 0) is 26.7 Å². The van der Waals surface area contributed by atoms with E-state index in [9.17, 15) is 0 Å². The summed E-state index contributed by atoms with van der Waals surface area (Å²) in [6.45, 7) is 4.90. The molecule has 0 fully saturated rings. The standard InChI is InChI=1S/C9H14Cl2N2/c1-3-13-9(5-4-7(2)10)8(11)6-12-13/h6-7H,3-5H2,1-2H3. The molecule has 0 spiro atoms. The third kappa shape index (κ3) is 2.89. The van der Waals surface area contributed by atoms with Crippen LogP contribution in [0.5, 0.6) is 0 Å². The summed E-state index contributed by atoms with van der Waals surface area (Å²) in [6.07, 6.45) is 3.53. The summed E-state index contributed by atoms with van der Waals surface area (Å²) in [7, 11) is 0. The van der Waals surface area contributed by atoms with E-state index in [0.29, 0.717) is 0 Å². The van der Waals surface area contributed by atoms with E-state index >= 15 is 0 Å². The van der Waals surface area contributed by atoms with E-state index in [2.05, 4.69) is 12.0 Å². The molecule has 1 atom stereocenters. The molecule has 1 aromatic heterocycles. The molecule has 0 aliphatic carbocycles. The zero-order valence-corrected chi connectivity index (χ0v) is 9.44. The molecule has 4 heteroatoms. The quantitative estimate of drug-likeness (QED) is 0.714. The van der Waals surface area contributed by atoms with Gasteiger partial charge in [-0.2, -0.15) is 5.10 Å². The van der Waals surface area contributed by atoms with Crippen molar-refractivity contribution < 1.29 is 0 Å². The van der Waals surface area contributed by atoms with Crippen LogP contribution in [0.25, 0.3) is 0 Å².